The van der Waals surface area contributed by atoms with Crippen molar-refractivity contribution in [1.29, 1.82) is 0 Å². The highest BCUT2D eigenvalue weighted by atomic mass is 32.2. The summed E-state index contributed by atoms with van der Waals surface area (Å²) in [5.74, 6) is 1.24. The Balaban J connectivity index is 2.34. The molecule has 0 saturated carbocycles. The van der Waals surface area contributed by atoms with Gasteiger partial charge >= 0.3 is 0 Å². The van der Waals surface area contributed by atoms with E-state index in [1.807, 2.05) is 11.8 Å². The fourth-order valence-corrected chi connectivity index (χ4v) is 2.68. The lowest BCUT2D eigenvalue weighted by atomic mass is 10.0. The molecule has 2 N–H and O–H groups in total. The fraction of sp³-hybridized carbons (Fsp3) is 0.900. The second-order valence-electron chi connectivity index (χ2n) is 3.80. The van der Waals surface area contributed by atoms with Crippen LogP contribution in [0.2, 0.25) is 0 Å². The molecule has 1 saturated heterocycles. The van der Waals surface area contributed by atoms with Crippen LogP contribution in [0.5, 0.6) is 0 Å². The molecule has 1 unspecified atom stereocenters. The molecule has 1 rings (SSSR count). The SMILES string of the molecule is CSCCCN1CCCCC1C(N)=S. The summed E-state index contributed by atoms with van der Waals surface area (Å²) in [6.07, 6.45) is 7.15. The Morgan fingerprint density at radius 2 is 2.36 bits per heavy atom. The van der Waals surface area contributed by atoms with Crippen molar-refractivity contribution in [3.8, 4) is 0 Å². The third-order valence-electron chi connectivity index (χ3n) is 2.74. The molecule has 14 heavy (non-hydrogen) atoms. The van der Waals surface area contributed by atoms with Crippen LogP contribution in [-0.4, -0.2) is 41.0 Å². The Morgan fingerprint density at radius 3 is 3.00 bits per heavy atom. The Bertz CT molecular complexity index is 185. The molecular weight excluding hydrogens is 212 g/mol. The summed E-state index contributed by atoms with van der Waals surface area (Å²) < 4.78 is 0. The van der Waals surface area contributed by atoms with Gasteiger partial charge in [-0.25, -0.2) is 0 Å². The van der Waals surface area contributed by atoms with E-state index in [4.69, 9.17) is 18.0 Å². The Labute approximate surface area is 96.6 Å². The number of thiocarbonyl (C=S) groups is 1. The van der Waals surface area contributed by atoms with Crippen molar-refractivity contribution in [2.24, 2.45) is 5.73 Å². The van der Waals surface area contributed by atoms with Crippen LogP contribution in [0.4, 0.5) is 0 Å². The zero-order valence-electron chi connectivity index (χ0n) is 8.87. The first-order chi connectivity index (χ1) is 6.75. The number of nitrogens with two attached hydrogens (primary N) is 1. The highest BCUT2D eigenvalue weighted by molar-refractivity contribution is 7.98. The van der Waals surface area contributed by atoms with Crippen LogP contribution in [0.1, 0.15) is 25.7 Å². The number of likely N-dealkylation sites (tertiary alicyclic amines) is 1. The number of thioether (sulfide) groups is 1. The molecule has 2 nitrogen and oxygen atoms in total. The van der Waals surface area contributed by atoms with E-state index >= 15 is 0 Å². The summed E-state index contributed by atoms with van der Waals surface area (Å²) >= 11 is 7.01. The monoisotopic (exact) mass is 232 g/mol. The second kappa shape index (κ2) is 6.64. The van der Waals surface area contributed by atoms with E-state index in [-0.39, 0.29) is 0 Å². The van der Waals surface area contributed by atoms with Crippen molar-refractivity contribution >= 4 is 29.0 Å². The number of piperidine rings is 1. The molecule has 1 heterocycles. The highest BCUT2D eigenvalue weighted by Crippen LogP contribution is 2.17. The van der Waals surface area contributed by atoms with E-state index in [1.54, 1.807) is 0 Å². The first-order valence-corrected chi connectivity index (χ1v) is 7.08. The van der Waals surface area contributed by atoms with Crippen LogP contribution in [0, 0.1) is 0 Å². The zero-order valence-corrected chi connectivity index (χ0v) is 10.5. The molecular formula is C10H20N2S2. The first-order valence-electron chi connectivity index (χ1n) is 5.28. The van der Waals surface area contributed by atoms with Gasteiger partial charge in [-0.15, -0.1) is 0 Å². The minimum atomic E-state index is 0.376. The summed E-state index contributed by atoms with van der Waals surface area (Å²) in [7, 11) is 0. The van der Waals surface area contributed by atoms with Crippen LogP contribution in [0.3, 0.4) is 0 Å². The molecule has 0 bridgehead atoms. The van der Waals surface area contributed by atoms with Crippen molar-refractivity contribution in [3.05, 3.63) is 0 Å². The summed E-state index contributed by atoms with van der Waals surface area (Å²) in [5, 5.41) is 0. The molecule has 82 valence electrons. The van der Waals surface area contributed by atoms with Gasteiger partial charge in [-0.2, -0.15) is 11.8 Å². The third-order valence-corrected chi connectivity index (χ3v) is 3.70. The van der Waals surface area contributed by atoms with Gasteiger partial charge in [-0.1, -0.05) is 18.6 Å². The molecule has 1 aliphatic heterocycles. The summed E-state index contributed by atoms with van der Waals surface area (Å²) in [4.78, 5) is 3.15. The Hall–Kier alpha value is 0.200. The average Bonchev–Trinajstić information content (AvgIpc) is 2.19. The highest BCUT2D eigenvalue weighted by Gasteiger charge is 2.23. The maximum atomic E-state index is 5.75. The van der Waals surface area contributed by atoms with Crippen molar-refractivity contribution in [1.82, 2.24) is 4.90 Å². The second-order valence-corrected chi connectivity index (χ2v) is 5.25. The standard InChI is InChI=1S/C10H20N2S2/c1-14-8-4-7-12-6-3-2-5-9(12)10(11)13/h9H,2-8H2,1H3,(H2,11,13). The van der Waals surface area contributed by atoms with Gasteiger partial charge in [0.05, 0.1) is 11.0 Å². The number of hydrogen-bond donors (Lipinski definition) is 1. The van der Waals surface area contributed by atoms with Crippen LogP contribution in [-0.2, 0) is 0 Å². The molecule has 0 amide bonds. The van der Waals surface area contributed by atoms with E-state index in [1.165, 1.54) is 31.6 Å². The molecule has 0 aliphatic carbocycles. The summed E-state index contributed by atoms with van der Waals surface area (Å²) in [6.45, 7) is 2.33. The lowest BCUT2D eigenvalue weighted by molar-refractivity contribution is 0.194. The van der Waals surface area contributed by atoms with Crippen molar-refractivity contribution in [2.45, 2.75) is 31.7 Å². The maximum absolute atomic E-state index is 5.75. The molecule has 0 aromatic heterocycles. The molecule has 1 aliphatic rings. The Kier molecular flexibility index (Phi) is 5.82. The van der Waals surface area contributed by atoms with Crippen LogP contribution in [0.15, 0.2) is 0 Å². The van der Waals surface area contributed by atoms with E-state index < -0.39 is 0 Å². The van der Waals surface area contributed by atoms with Crippen LogP contribution >= 0.6 is 24.0 Å². The largest absolute Gasteiger partial charge is 0.392 e. The first kappa shape index (κ1) is 12.3. The van der Waals surface area contributed by atoms with Gasteiger partial charge in [0, 0.05) is 0 Å². The summed E-state index contributed by atoms with van der Waals surface area (Å²) in [6, 6.07) is 0.376. The quantitative estimate of drug-likeness (QED) is 0.579. The lowest BCUT2D eigenvalue weighted by Gasteiger charge is -2.34. The average molecular weight is 232 g/mol. The maximum Gasteiger partial charge on any atom is 0.0902 e. The van der Waals surface area contributed by atoms with Gasteiger partial charge in [-0.05, 0) is 44.4 Å². The van der Waals surface area contributed by atoms with E-state index in [0.29, 0.717) is 11.0 Å². The van der Waals surface area contributed by atoms with Gasteiger partial charge < -0.3 is 5.73 Å². The molecule has 1 atom stereocenters. The van der Waals surface area contributed by atoms with Crippen LogP contribution < -0.4 is 5.73 Å². The fourth-order valence-electron chi connectivity index (χ4n) is 1.99. The smallest absolute Gasteiger partial charge is 0.0902 e. The number of rotatable bonds is 5. The normalized spacial score (nSPS) is 23.6. The topological polar surface area (TPSA) is 29.3 Å². The number of nitrogens with zero attached hydrogens (tertiary/aromatic N) is 1. The molecule has 0 aromatic rings. The van der Waals surface area contributed by atoms with Crippen molar-refractivity contribution < 1.29 is 0 Å². The summed E-state index contributed by atoms with van der Waals surface area (Å²) in [5.41, 5.74) is 5.75. The van der Waals surface area contributed by atoms with Crippen molar-refractivity contribution in [3.63, 3.8) is 0 Å². The third kappa shape index (κ3) is 3.75. The van der Waals surface area contributed by atoms with Gasteiger partial charge in [0.2, 0.25) is 0 Å². The van der Waals surface area contributed by atoms with Crippen LogP contribution in [0.25, 0.3) is 0 Å². The van der Waals surface area contributed by atoms with Gasteiger partial charge in [0.1, 0.15) is 0 Å². The van der Waals surface area contributed by atoms with E-state index in [2.05, 4.69) is 11.2 Å². The molecule has 4 heteroatoms. The van der Waals surface area contributed by atoms with Gasteiger partial charge in [0.15, 0.2) is 0 Å². The van der Waals surface area contributed by atoms with Crippen molar-refractivity contribution in [2.75, 3.05) is 25.1 Å². The Morgan fingerprint density at radius 1 is 1.57 bits per heavy atom. The molecule has 1 fully saturated rings. The zero-order chi connectivity index (χ0) is 10.4. The molecule has 0 radical (unpaired) electrons. The number of hydrogen-bond acceptors (Lipinski definition) is 3. The molecule has 0 aromatic carbocycles. The van der Waals surface area contributed by atoms with Gasteiger partial charge in [0.25, 0.3) is 0 Å². The molecule has 0 spiro atoms. The minimum absolute atomic E-state index is 0.376. The van der Waals surface area contributed by atoms with Gasteiger partial charge in [-0.3, -0.25) is 4.90 Å². The lowest BCUT2D eigenvalue weighted by Crippen LogP contribution is -2.47. The minimum Gasteiger partial charge on any atom is -0.392 e. The predicted octanol–water partition coefficient (Wildman–Crippen LogP) is 1.88. The van der Waals surface area contributed by atoms with E-state index in [0.717, 1.165) is 13.0 Å². The van der Waals surface area contributed by atoms with E-state index in [9.17, 15) is 0 Å². The predicted molar refractivity (Wildman–Crippen MR) is 69.0 cm³/mol.